The molecular formula is C17H21FN2O2. The molecule has 0 aliphatic carbocycles. The highest BCUT2D eigenvalue weighted by atomic mass is 19.1. The Morgan fingerprint density at radius 3 is 2.95 bits per heavy atom. The van der Waals surface area contributed by atoms with Gasteiger partial charge in [0.2, 0.25) is 5.91 Å². The van der Waals surface area contributed by atoms with Crippen molar-refractivity contribution in [1.29, 1.82) is 0 Å². The molecular weight excluding hydrogens is 283 g/mol. The maximum absolute atomic E-state index is 13.4. The first-order chi connectivity index (χ1) is 10.6. The molecule has 0 atom stereocenters. The Morgan fingerprint density at radius 2 is 2.18 bits per heavy atom. The molecule has 2 aromatic rings. The molecule has 1 aliphatic heterocycles. The molecule has 5 heteroatoms. The van der Waals surface area contributed by atoms with Crippen LogP contribution in [-0.4, -0.2) is 30.6 Å². The number of fused-ring (bicyclic) bond motifs is 1. The lowest BCUT2D eigenvalue weighted by Gasteiger charge is -2.21. The van der Waals surface area contributed by atoms with Crippen LogP contribution in [-0.2, 0) is 16.0 Å². The molecule has 1 aromatic carbocycles. The van der Waals surface area contributed by atoms with E-state index in [0.717, 1.165) is 35.0 Å². The van der Waals surface area contributed by atoms with Gasteiger partial charge < -0.3 is 15.0 Å². The van der Waals surface area contributed by atoms with Gasteiger partial charge in [-0.3, -0.25) is 4.79 Å². The Hall–Kier alpha value is -1.88. The molecule has 0 bridgehead atoms. The molecule has 2 N–H and O–H groups in total. The van der Waals surface area contributed by atoms with E-state index < -0.39 is 0 Å². The predicted octanol–water partition coefficient (Wildman–Crippen LogP) is 2.70. The summed E-state index contributed by atoms with van der Waals surface area (Å²) in [6, 6.07) is 4.76. The van der Waals surface area contributed by atoms with Crippen LogP contribution in [0.1, 0.15) is 24.1 Å². The molecule has 0 unspecified atom stereocenters. The van der Waals surface area contributed by atoms with Crippen LogP contribution in [0, 0.1) is 18.7 Å². The lowest BCUT2D eigenvalue weighted by Crippen LogP contribution is -2.35. The van der Waals surface area contributed by atoms with Crippen molar-refractivity contribution in [1.82, 2.24) is 10.3 Å². The van der Waals surface area contributed by atoms with Crippen molar-refractivity contribution in [2.75, 3.05) is 19.8 Å². The summed E-state index contributed by atoms with van der Waals surface area (Å²) in [6.07, 6.45) is 2.29. The van der Waals surface area contributed by atoms with Crippen LogP contribution in [0.25, 0.3) is 10.9 Å². The maximum Gasteiger partial charge on any atom is 0.223 e. The summed E-state index contributed by atoms with van der Waals surface area (Å²) < 4.78 is 18.7. The van der Waals surface area contributed by atoms with Gasteiger partial charge in [0.1, 0.15) is 5.82 Å². The number of benzene rings is 1. The van der Waals surface area contributed by atoms with Crippen LogP contribution in [0.5, 0.6) is 0 Å². The third-order valence-corrected chi connectivity index (χ3v) is 4.35. The van der Waals surface area contributed by atoms with Crippen LogP contribution in [0.4, 0.5) is 4.39 Å². The molecule has 1 aliphatic rings. The SMILES string of the molecule is Cc1[nH]c2ccc(F)cc2c1CCNC(=O)C1CCOCC1. The zero-order valence-corrected chi connectivity index (χ0v) is 12.7. The summed E-state index contributed by atoms with van der Waals surface area (Å²) in [5.41, 5.74) is 3.03. The third kappa shape index (κ3) is 3.14. The fourth-order valence-electron chi connectivity index (χ4n) is 3.09. The van der Waals surface area contributed by atoms with Crippen molar-refractivity contribution >= 4 is 16.8 Å². The quantitative estimate of drug-likeness (QED) is 0.912. The highest BCUT2D eigenvalue weighted by Crippen LogP contribution is 2.23. The molecule has 1 fully saturated rings. The number of hydrogen-bond acceptors (Lipinski definition) is 2. The van der Waals surface area contributed by atoms with Crippen LogP contribution >= 0.6 is 0 Å². The Morgan fingerprint density at radius 1 is 1.41 bits per heavy atom. The van der Waals surface area contributed by atoms with E-state index in [9.17, 15) is 9.18 Å². The van der Waals surface area contributed by atoms with Gasteiger partial charge in [0.05, 0.1) is 0 Å². The molecule has 4 nitrogen and oxygen atoms in total. The summed E-state index contributed by atoms with van der Waals surface area (Å²) in [5, 5.41) is 3.90. The van der Waals surface area contributed by atoms with Crippen LogP contribution < -0.4 is 5.32 Å². The molecule has 3 rings (SSSR count). The third-order valence-electron chi connectivity index (χ3n) is 4.35. The summed E-state index contributed by atoms with van der Waals surface area (Å²) in [4.78, 5) is 15.4. The van der Waals surface area contributed by atoms with Crippen molar-refractivity contribution in [3.05, 3.63) is 35.3 Å². The Kier molecular flexibility index (Phi) is 4.43. The minimum absolute atomic E-state index is 0.0651. The zero-order chi connectivity index (χ0) is 15.5. The van der Waals surface area contributed by atoms with Gasteiger partial charge in [-0.2, -0.15) is 0 Å². The number of ether oxygens (including phenoxy) is 1. The van der Waals surface area contributed by atoms with Gasteiger partial charge in [-0.15, -0.1) is 0 Å². The van der Waals surface area contributed by atoms with E-state index in [0.29, 0.717) is 26.2 Å². The number of halogens is 1. The Balaban J connectivity index is 1.62. The maximum atomic E-state index is 13.4. The van der Waals surface area contributed by atoms with E-state index in [1.54, 1.807) is 12.1 Å². The van der Waals surface area contributed by atoms with Crippen molar-refractivity contribution in [2.24, 2.45) is 5.92 Å². The molecule has 2 heterocycles. The molecule has 22 heavy (non-hydrogen) atoms. The number of H-pyrrole nitrogens is 1. The fourth-order valence-corrected chi connectivity index (χ4v) is 3.09. The Labute approximate surface area is 129 Å². The van der Waals surface area contributed by atoms with Gasteiger partial charge in [0, 0.05) is 42.3 Å². The minimum atomic E-state index is -0.237. The van der Waals surface area contributed by atoms with Crippen molar-refractivity contribution in [3.8, 4) is 0 Å². The minimum Gasteiger partial charge on any atom is -0.381 e. The summed E-state index contributed by atoms with van der Waals surface area (Å²) in [7, 11) is 0. The molecule has 0 saturated carbocycles. The van der Waals surface area contributed by atoms with Crippen LogP contribution in [0.3, 0.4) is 0 Å². The number of rotatable bonds is 4. The zero-order valence-electron chi connectivity index (χ0n) is 12.7. The van der Waals surface area contributed by atoms with E-state index in [-0.39, 0.29) is 17.6 Å². The predicted molar refractivity (Wildman–Crippen MR) is 83.3 cm³/mol. The highest BCUT2D eigenvalue weighted by Gasteiger charge is 2.21. The van der Waals surface area contributed by atoms with Gasteiger partial charge in [-0.05, 0) is 49.9 Å². The fraction of sp³-hybridized carbons (Fsp3) is 0.471. The first-order valence-electron chi connectivity index (χ1n) is 7.77. The van der Waals surface area contributed by atoms with Gasteiger partial charge in [-0.1, -0.05) is 0 Å². The lowest BCUT2D eigenvalue weighted by molar-refractivity contribution is -0.127. The van der Waals surface area contributed by atoms with E-state index in [1.165, 1.54) is 6.07 Å². The number of carbonyl (C=O) groups is 1. The average molecular weight is 304 g/mol. The molecule has 1 saturated heterocycles. The summed E-state index contributed by atoms with van der Waals surface area (Å²) in [6.45, 7) is 3.88. The second-order valence-electron chi connectivity index (χ2n) is 5.85. The standard InChI is InChI=1S/C17H21FN2O2/c1-11-14(15-10-13(18)2-3-16(15)20-11)4-7-19-17(21)12-5-8-22-9-6-12/h2-3,10,12,20H,4-9H2,1H3,(H,19,21). The molecule has 0 radical (unpaired) electrons. The second-order valence-corrected chi connectivity index (χ2v) is 5.85. The van der Waals surface area contributed by atoms with Gasteiger partial charge in [0.25, 0.3) is 0 Å². The van der Waals surface area contributed by atoms with Gasteiger partial charge in [-0.25, -0.2) is 4.39 Å². The number of aromatic amines is 1. The number of aromatic nitrogens is 1. The topological polar surface area (TPSA) is 54.1 Å². The Bertz CT molecular complexity index is 675. The molecule has 0 spiro atoms. The van der Waals surface area contributed by atoms with Crippen LogP contribution in [0.2, 0.25) is 0 Å². The summed E-state index contributed by atoms with van der Waals surface area (Å²) >= 11 is 0. The smallest absolute Gasteiger partial charge is 0.223 e. The van der Waals surface area contributed by atoms with E-state index in [2.05, 4.69) is 10.3 Å². The van der Waals surface area contributed by atoms with Crippen molar-refractivity contribution < 1.29 is 13.9 Å². The normalized spacial score (nSPS) is 16.1. The van der Waals surface area contributed by atoms with Crippen LogP contribution in [0.15, 0.2) is 18.2 Å². The van der Waals surface area contributed by atoms with E-state index in [1.807, 2.05) is 6.92 Å². The molecule has 1 amide bonds. The van der Waals surface area contributed by atoms with Crippen molar-refractivity contribution in [3.63, 3.8) is 0 Å². The van der Waals surface area contributed by atoms with Crippen molar-refractivity contribution in [2.45, 2.75) is 26.2 Å². The van der Waals surface area contributed by atoms with E-state index >= 15 is 0 Å². The first kappa shape index (κ1) is 15.0. The lowest BCUT2D eigenvalue weighted by atomic mass is 9.99. The number of aryl methyl sites for hydroxylation is 1. The monoisotopic (exact) mass is 304 g/mol. The van der Waals surface area contributed by atoms with E-state index in [4.69, 9.17) is 4.74 Å². The number of nitrogens with one attached hydrogen (secondary N) is 2. The number of hydrogen-bond donors (Lipinski definition) is 2. The number of carbonyl (C=O) groups excluding carboxylic acids is 1. The van der Waals surface area contributed by atoms with Gasteiger partial charge in [0.15, 0.2) is 0 Å². The highest BCUT2D eigenvalue weighted by molar-refractivity contribution is 5.85. The largest absolute Gasteiger partial charge is 0.381 e. The number of amides is 1. The average Bonchev–Trinajstić information content (AvgIpc) is 2.83. The molecule has 1 aromatic heterocycles. The second kappa shape index (κ2) is 6.48. The molecule has 118 valence electrons. The van der Waals surface area contributed by atoms with Gasteiger partial charge >= 0.3 is 0 Å². The first-order valence-corrected chi connectivity index (χ1v) is 7.77. The summed E-state index contributed by atoms with van der Waals surface area (Å²) in [5.74, 6) is -0.0683.